The van der Waals surface area contributed by atoms with E-state index in [4.69, 9.17) is 0 Å². The highest BCUT2D eigenvalue weighted by Gasteiger charge is 2.19. The van der Waals surface area contributed by atoms with E-state index in [2.05, 4.69) is 5.32 Å². The topological polar surface area (TPSA) is 49.3 Å². The molecule has 2 aromatic rings. The van der Waals surface area contributed by atoms with Crippen molar-refractivity contribution in [3.05, 3.63) is 71.5 Å². The van der Waals surface area contributed by atoms with Crippen LogP contribution in [0.4, 0.5) is 4.39 Å². The Bertz CT molecular complexity index is 630. The van der Waals surface area contributed by atoms with Crippen molar-refractivity contribution in [1.82, 2.24) is 5.32 Å². The number of hydrogen-bond acceptors (Lipinski definition) is 2. The number of rotatable bonds is 8. The molecule has 0 aromatic heterocycles. The van der Waals surface area contributed by atoms with E-state index in [1.54, 1.807) is 6.07 Å². The molecule has 3 nitrogen and oxygen atoms in total. The highest BCUT2D eigenvalue weighted by atomic mass is 19.1. The number of nitrogens with one attached hydrogen (secondary N) is 1. The van der Waals surface area contributed by atoms with Crippen LogP contribution >= 0.6 is 0 Å². The van der Waals surface area contributed by atoms with Gasteiger partial charge in [-0.05, 0) is 49.4 Å². The van der Waals surface area contributed by atoms with Crippen LogP contribution in [0.2, 0.25) is 0 Å². The highest BCUT2D eigenvalue weighted by molar-refractivity contribution is 5.74. The lowest BCUT2D eigenvalue weighted by atomic mass is 10.0. The summed E-state index contributed by atoms with van der Waals surface area (Å²) < 4.78 is 13.2. The second-order valence-corrected chi connectivity index (χ2v) is 5.82. The molecule has 0 aliphatic heterocycles. The van der Waals surface area contributed by atoms with Gasteiger partial charge in [0.2, 0.25) is 0 Å². The summed E-state index contributed by atoms with van der Waals surface area (Å²) in [7, 11) is 0. The number of hydrogen-bond donors (Lipinski definition) is 2. The third-order valence-corrected chi connectivity index (χ3v) is 3.82. The Labute approximate surface area is 136 Å². The molecule has 0 radical (unpaired) electrons. The molecular formula is C19H22FNO2. The van der Waals surface area contributed by atoms with Gasteiger partial charge in [-0.2, -0.15) is 0 Å². The van der Waals surface area contributed by atoms with Gasteiger partial charge in [-0.3, -0.25) is 4.79 Å². The highest BCUT2D eigenvalue weighted by Crippen LogP contribution is 2.09. The van der Waals surface area contributed by atoms with Crippen LogP contribution in [0, 0.1) is 5.82 Å². The monoisotopic (exact) mass is 315 g/mol. The Balaban J connectivity index is 1.88. The van der Waals surface area contributed by atoms with Gasteiger partial charge in [0.1, 0.15) is 11.9 Å². The molecule has 23 heavy (non-hydrogen) atoms. The van der Waals surface area contributed by atoms with E-state index in [1.165, 1.54) is 12.1 Å². The van der Waals surface area contributed by atoms with Crippen LogP contribution in [0.25, 0.3) is 0 Å². The van der Waals surface area contributed by atoms with Gasteiger partial charge in [0, 0.05) is 6.04 Å². The SMILES string of the molecule is CC(CCc1cccc(F)c1)N[C@H](Cc1ccccc1)C(=O)O. The van der Waals surface area contributed by atoms with Crippen LogP contribution in [-0.2, 0) is 17.6 Å². The van der Waals surface area contributed by atoms with E-state index in [1.807, 2.05) is 43.3 Å². The maximum atomic E-state index is 13.2. The van der Waals surface area contributed by atoms with Crippen molar-refractivity contribution in [2.75, 3.05) is 0 Å². The van der Waals surface area contributed by atoms with Gasteiger partial charge in [0.25, 0.3) is 0 Å². The molecule has 4 heteroatoms. The molecule has 0 spiro atoms. The molecule has 2 N–H and O–H groups in total. The van der Waals surface area contributed by atoms with Crippen molar-refractivity contribution in [2.24, 2.45) is 0 Å². The summed E-state index contributed by atoms with van der Waals surface area (Å²) in [5.74, 6) is -1.10. The molecule has 0 saturated carbocycles. The van der Waals surface area contributed by atoms with Gasteiger partial charge < -0.3 is 10.4 Å². The van der Waals surface area contributed by atoms with Gasteiger partial charge in [-0.15, -0.1) is 0 Å². The van der Waals surface area contributed by atoms with E-state index >= 15 is 0 Å². The second kappa shape index (κ2) is 8.44. The van der Waals surface area contributed by atoms with E-state index in [9.17, 15) is 14.3 Å². The molecule has 0 heterocycles. The Morgan fingerprint density at radius 2 is 1.83 bits per heavy atom. The molecular weight excluding hydrogens is 293 g/mol. The summed E-state index contributed by atoms with van der Waals surface area (Å²) >= 11 is 0. The number of halogens is 1. The standard InChI is InChI=1S/C19H22FNO2/c1-14(10-11-16-8-5-9-17(20)12-16)21-18(19(22)23)13-15-6-3-2-4-7-15/h2-9,12,14,18,21H,10-11,13H2,1H3,(H,22,23)/t14?,18-/m1/s1. The summed E-state index contributed by atoms with van der Waals surface area (Å²) in [4.78, 5) is 11.4. The van der Waals surface area contributed by atoms with Crippen LogP contribution < -0.4 is 5.32 Å². The van der Waals surface area contributed by atoms with Crippen molar-refractivity contribution in [3.8, 4) is 0 Å². The number of carbonyl (C=O) groups is 1. The van der Waals surface area contributed by atoms with Crippen molar-refractivity contribution in [3.63, 3.8) is 0 Å². The van der Waals surface area contributed by atoms with Crippen molar-refractivity contribution >= 4 is 5.97 Å². The maximum absolute atomic E-state index is 13.2. The van der Waals surface area contributed by atoms with Crippen LogP contribution in [0.3, 0.4) is 0 Å². The normalized spacial score (nSPS) is 13.5. The average molecular weight is 315 g/mol. The maximum Gasteiger partial charge on any atom is 0.321 e. The minimum atomic E-state index is -0.855. The van der Waals surface area contributed by atoms with E-state index in [-0.39, 0.29) is 11.9 Å². The zero-order valence-corrected chi connectivity index (χ0v) is 13.2. The fourth-order valence-corrected chi connectivity index (χ4v) is 2.57. The van der Waals surface area contributed by atoms with E-state index in [0.29, 0.717) is 12.8 Å². The number of aliphatic carboxylic acids is 1. The largest absolute Gasteiger partial charge is 0.480 e. The minimum Gasteiger partial charge on any atom is -0.480 e. The van der Waals surface area contributed by atoms with Gasteiger partial charge >= 0.3 is 5.97 Å². The Hall–Kier alpha value is -2.20. The third kappa shape index (κ3) is 5.83. The smallest absolute Gasteiger partial charge is 0.321 e. The molecule has 0 fully saturated rings. The first-order chi connectivity index (χ1) is 11.0. The Kier molecular flexibility index (Phi) is 6.29. The second-order valence-electron chi connectivity index (χ2n) is 5.82. The molecule has 2 aromatic carbocycles. The fourth-order valence-electron chi connectivity index (χ4n) is 2.57. The third-order valence-electron chi connectivity index (χ3n) is 3.82. The number of carboxylic acid groups (broad SMARTS) is 1. The molecule has 1 unspecified atom stereocenters. The molecule has 0 aliphatic rings. The fraction of sp³-hybridized carbons (Fsp3) is 0.316. The molecule has 0 bridgehead atoms. The van der Waals surface area contributed by atoms with E-state index in [0.717, 1.165) is 17.5 Å². The molecule has 0 amide bonds. The quantitative estimate of drug-likeness (QED) is 0.784. The average Bonchev–Trinajstić information content (AvgIpc) is 2.53. The summed E-state index contributed by atoms with van der Waals surface area (Å²) in [6, 6.07) is 15.5. The molecule has 0 aliphatic carbocycles. The van der Waals surface area contributed by atoms with Gasteiger partial charge in [-0.1, -0.05) is 42.5 Å². The lowest BCUT2D eigenvalue weighted by Crippen LogP contribution is -2.43. The number of carboxylic acids is 1. The Morgan fingerprint density at radius 3 is 2.48 bits per heavy atom. The van der Waals surface area contributed by atoms with Crippen LogP contribution in [0.15, 0.2) is 54.6 Å². The van der Waals surface area contributed by atoms with Crippen LogP contribution in [0.1, 0.15) is 24.5 Å². The molecule has 2 rings (SSSR count). The van der Waals surface area contributed by atoms with Gasteiger partial charge in [0.05, 0.1) is 0 Å². The summed E-state index contributed by atoms with van der Waals surface area (Å²) in [6.07, 6.45) is 1.91. The predicted octanol–water partition coefficient (Wildman–Crippen LogP) is 3.43. The van der Waals surface area contributed by atoms with Crippen molar-refractivity contribution < 1.29 is 14.3 Å². The lowest BCUT2D eigenvalue weighted by Gasteiger charge is -2.20. The number of benzene rings is 2. The van der Waals surface area contributed by atoms with Gasteiger partial charge in [-0.25, -0.2) is 4.39 Å². The minimum absolute atomic E-state index is 0.0306. The Morgan fingerprint density at radius 1 is 1.13 bits per heavy atom. The lowest BCUT2D eigenvalue weighted by molar-refractivity contribution is -0.139. The first-order valence-electron chi connectivity index (χ1n) is 7.82. The summed E-state index contributed by atoms with van der Waals surface area (Å²) in [5.41, 5.74) is 1.92. The molecule has 122 valence electrons. The van der Waals surface area contributed by atoms with Gasteiger partial charge in [0.15, 0.2) is 0 Å². The van der Waals surface area contributed by atoms with Crippen LogP contribution in [0.5, 0.6) is 0 Å². The van der Waals surface area contributed by atoms with E-state index < -0.39 is 12.0 Å². The zero-order chi connectivity index (χ0) is 16.7. The number of aryl methyl sites for hydroxylation is 1. The van der Waals surface area contributed by atoms with Crippen molar-refractivity contribution in [2.45, 2.75) is 38.3 Å². The van der Waals surface area contributed by atoms with Crippen molar-refractivity contribution in [1.29, 1.82) is 0 Å². The zero-order valence-electron chi connectivity index (χ0n) is 13.2. The molecule has 0 saturated heterocycles. The summed E-state index contributed by atoms with van der Waals surface area (Å²) in [5, 5.41) is 12.5. The first kappa shape index (κ1) is 17.2. The first-order valence-corrected chi connectivity index (χ1v) is 7.82. The summed E-state index contributed by atoms with van der Waals surface area (Å²) in [6.45, 7) is 1.96. The van der Waals surface area contributed by atoms with Crippen LogP contribution in [-0.4, -0.2) is 23.2 Å². The molecule has 2 atom stereocenters. The predicted molar refractivity (Wildman–Crippen MR) is 88.9 cm³/mol.